The molecule has 0 aliphatic heterocycles. The van der Waals surface area contributed by atoms with Crippen LogP contribution in [0.2, 0.25) is 0 Å². The highest BCUT2D eigenvalue weighted by Crippen LogP contribution is 2.75. The second-order valence-corrected chi connectivity index (χ2v) is 16.7. The molecule has 0 bridgehead atoms. The first-order valence-electron chi connectivity index (χ1n) is 17.3. The van der Waals surface area contributed by atoms with E-state index < -0.39 is 5.97 Å². The van der Waals surface area contributed by atoms with Crippen LogP contribution in [0.3, 0.4) is 0 Å². The summed E-state index contributed by atoms with van der Waals surface area (Å²) in [6, 6.07) is 0. The van der Waals surface area contributed by atoms with Crippen LogP contribution < -0.4 is 5.32 Å². The molecule has 0 radical (unpaired) electrons. The van der Waals surface area contributed by atoms with Gasteiger partial charge in [0.2, 0.25) is 0 Å². The number of allylic oxidation sites excluding steroid dienone is 4. The lowest BCUT2D eigenvalue weighted by Crippen LogP contribution is -2.67. The molecule has 0 amide bonds. The van der Waals surface area contributed by atoms with Crippen molar-refractivity contribution < 1.29 is 9.90 Å². The van der Waals surface area contributed by atoms with Gasteiger partial charge in [-0.25, -0.2) is 0 Å². The van der Waals surface area contributed by atoms with Gasteiger partial charge in [-0.05, 0) is 153 Å². The van der Waals surface area contributed by atoms with E-state index in [2.05, 4.69) is 59.0 Å². The molecule has 4 fully saturated rings. The Morgan fingerprint density at radius 2 is 1.75 bits per heavy atom. The van der Waals surface area contributed by atoms with Crippen molar-refractivity contribution in [2.24, 2.45) is 57.7 Å². The molecule has 6 aliphatic carbocycles. The SMILES string of the molecule is CC(C)CCNC12CCCC1C1CCC3C4(C)CC=C(C5=CC[C@H](C(=O)O)CC5)C(C)C4CC[C@@]3(C)[C@]1(C)CC2. The van der Waals surface area contributed by atoms with Gasteiger partial charge in [0, 0.05) is 5.54 Å². The molecule has 0 spiro atoms. The van der Waals surface area contributed by atoms with Crippen molar-refractivity contribution >= 4 is 5.97 Å². The van der Waals surface area contributed by atoms with Crippen molar-refractivity contribution in [3.8, 4) is 0 Å². The molecular weight excluding hydrogens is 490 g/mol. The molecule has 6 aliphatic rings. The molecular formula is C37H59NO2. The van der Waals surface area contributed by atoms with E-state index in [1.165, 1.54) is 82.7 Å². The molecule has 0 aromatic carbocycles. The van der Waals surface area contributed by atoms with E-state index in [0.717, 1.165) is 42.4 Å². The van der Waals surface area contributed by atoms with Crippen molar-refractivity contribution in [3.63, 3.8) is 0 Å². The second-order valence-electron chi connectivity index (χ2n) is 16.7. The van der Waals surface area contributed by atoms with Gasteiger partial charge in [0.25, 0.3) is 0 Å². The van der Waals surface area contributed by atoms with Crippen LogP contribution in [0.1, 0.15) is 131 Å². The summed E-state index contributed by atoms with van der Waals surface area (Å²) in [7, 11) is 0. The van der Waals surface area contributed by atoms with Gasteiger partial charge in [-0.1, -0.05) is 60.1 Å². The van der Waals surface area contributed by atoms with Crippen LogP contribution >= 0.6 is 0 Å². The predicted octanol–water partition coefficient (Wildman–Crippen LogP) is 9.19. The average molecular weight is 550 g/mol. The minimum absolute atomic E-state index is 0.181. The van der Waals surface area contributed by atoms with E-state index in [0.29, 0.717) is 34.1 Å². The molecule has 0 saturated heterocycles. The van der Waals surface area contributed by atoms with Crippen LogP contribution in [0, 0.1) is 57.7 Å². The number of nitrogens with one attached hydrogen (secondary N) is 1. The molecule has 2 N–H and O–H groups in total. The highest BCUT2D eigenvalue weighted by Gasteiger charge is 2.68. The van der Waals surface area contributed by atoms with E-state index >= 15 is 0 Å². The minimum Gasteiger partial charge on any atom is -0.481 e. The number of carbonyl (C=O) groups is 1. The topological polar surface area (TPSA) is 49.3 Å². The van der Waals surface area contributed by atoms with Crippen LogP contribution in [0.5, 0.6) is 0 Å². The molecule has 0 aromatic heterocycles. The molecule has 3 nitrogen and oxygen atoms in total. The molecule has 40 heavy (non-hydrogen) atoms. The quantitative estimate of drug-likeness (QED) is 0.347. The average Bonchev–Trinajstić information content (AvgIpc) is 3.33. The van der Waals surface area contributed by atoms with Gasteiger partial charge in [-0.2, -0.15) is 0 Å². The Morgan fingerprint density at radius 1 is 0.950 bits per heavy atom. The number of hydrogen-bond donors (Lipinski definition) is 2. The fourth-order valence-corrected chi connectivity index (χ4v) is 12.5. The van der Waals surface area contributed by atoms with Crippen LogP contribution in [-0.2, 0) is 4.79 Å². The van der Waals surface area contributed by atoms with E-state index in [-0.39, 0.29) is 5.92 Å². The monoisotopic (exact) mass is 549 g/mol. The highest BCUT2D eigenvalue weighted by molar-refractivity contribution is 5.70. The third kappa shape index (κ3) is 4.24. The van der Waals surface area contributed by atoms with E-state index in [4.69, 9.17) is 0 Å². The smallest absolute Gasteiger partial charge is 0.306 e. The Bertz CT molecular complexity index is 1060. The van der Waals surface area contributed by atoms with Crippen LogP contribution in [0.15, 0.2) is 23.3 Å². The van der Waals surface area contributed by atoms with Gasteiger partial charge in [0.05, 0.1) is 5.92 Å². The van der Waals surface area contributed by atoms with Gasteiger partial charge in [0.1, 0.15) is 0 Å². The fourth-order valence-electron chi connectivity index (χ4n) is 12.5. The first kappa shape index (κ1) is 29.0. The fraction of sp³-hybridized carbons (Fsp3) is 0.865. The van der Waals surface area contributed by atoms with E-state index in [1.54, 1.807) is 5.57 Å². The zero-order valence-corrected chi connectivity index (χ0v) is 26.7. The normalized spacial score (nSPS) is 48.4. The lowest BCUT2D eigenvalue weighted by atomic mass is 9.34. The highest BCUT2D eigenvalue weighted by atomic mass is 16.4. The summed E-state index contributed by atoms with van der Waals surface area (Å²) in [5.74, 6) is 3.93. The largest absolute Gasteiger partial charge is 0.481 e. The summed E-state index contributed by atoms with van der Waals surface area (Å²) in [4.78, 5) is 11.5. The summed E-state index contributed by atoms with van der Waals surface area (Å²) in [6.07, 6.45) is 22.7. The third-order valence-corrected chi connectivity index (χ3v) is 14.9. The molecule has 10 atom stereocenters. The summed E-state index contributed by atoms with van der Waals surface area (Å²) >= 11 is 0. The van der Waals surface area contributed by atoms with Crippen LogP contribution in [0.25, 0.3) is 0 Å². The number of aliphatic carboxylic acids is 1. The summed E-state index contributed by atoms with van der Waals surface area (Å²) in [6.45, 7) is 16.7. The number of carboxylic acids is 1. The zero-order chi connectivity index (χ0) is 28.5. The lowest BCUT2D eigenvalue weighted by Gasteiger charge is -2.71. The molecule has 3 heteroatoms. The molecule has 4 saturated carbocycles. The van der Waals surface area contributed by atoms with Crippen molar-refractivity contribution in [2.75, 3.05) is 6.54 Å². The third-order valence-electron chi connectivity index (χ3n) is 14.9. The van der Waals surface area contributed by atoms with Gasteiger partial charge in [-0.15, -0.1) is 0 Å². The molecule has 6 rings (SSSR count). The number of hydrogen-bond acceptors (Lipinski definition) is 2. The maximum absolute atomic E-state index is 11.5. The zero-order valence-electron chi connectivity index (χ0n) is 26.7. The summed E-state index contributed by atoms with van der Waals surface area (Å²) in [5.41, 5.74) is 4.78. The van der Waals surface area contributed by atoms with Gasteiger partial charge in [-0.3, -0.25) is 4.79 Å². The summed E-state index contributed by atoms with van der Waals surface area (Å²) in [5, 5.41) is 13.7. The van der Waals surface area contributed by atoms with Crippen molar-refractivity contribution in [1.82, 2.24) is 5.32 Å². The van der Waals surface area contributed by atoms with Crippen molar-refractivity contribution in [3.05, 3.63) is 23.3 Å². The van der Waals surface area contributed by atoms with Crippen molar-refractivity contribution in [2.45, 2.75) is 137 Å². The maximum atomic E-state index is 11.5. The Balaban J connectivity index is 1.24. The molecule has 7 unspecified atom stereocenters. The standard InChI is InChI=1S/C37H59NO2/c1-24(2)17-23-38-37-18-7-8-31(37)30-13-14-32-34(4)19-15-28(26-9-11-27(12-10-26)33(39)40)25(3)29(34)16-20-36(32,6)35(30,5)21-22-37/h9,15,24-25,27,29-32,38H,7-8,10-14,16-23H2,1-6H3,(H,39,40)/t25?,27-,29?,30?,31?,32?,34?,35+,36+,37?/m0/s1. The first-order chi connectivity index (χ1) is 19.0. The molecule has 224 valence electrons. The predicted molar refractivity (Wildman–Crippen MR) is 165 cm³/mol. The van der Waals surface area contributed by atoms with E-state index in [1.807, 2.05) is 0 Å². The maximum Gasteiger partial charge on any atom is 0.306 e. The molecule has 0 heterocycles. The number of fused-ring (bicyclic) bond motifs is 7. The molecule has 0 aromatic rings. The van der Waals surface area contributed by atoms with Crippen LogP contribution in [0.4, 0.5) is 0 Å². The number of rotatable bonds is 6. The second kappa shape index (κ2) is 10.3. The van der Waals surface area contributed by atoms with Gasteiger partial charge >= 0.3 is 5.97 Å². The Morgan fingerprint density at radius 3 is 2.45 bits per heavy atom. The Hall–Kier alpha value is -1.09. The van der Waals surface area contributed by atoms with E-state index in [9.17, 15) is 9.90 Å². The van der Waals surface area contributed by atoms with Crippen LogP contribution in [-0.4, -0.2) is 23.2 Å². The lowest BCUT2D eigenvalue weighted by molar-refractivity contribution is -0.212. The minimum atomic E-state index is -0.617. The Kier molecular flexibility index (Phi) is 7.45. The summed E-state index contributed by atoms with van der Waals surface area (Å²) < 4.78 is 0. The Labute approximate surface area is 245 Å². The van der Waals surface area contributed by atoms with Crippen molar-refractivity contribution in [1.29, 1.82) is 0 Å². The van der Waals surface area contributed by atoms with Gasteiger partial charge < -0.3 is 10.4 Å². The first-order valence-corrected chi connectivity index (χ1v) is 17.3. The number of carboxylic acid groups (broad SMARTS) is 1. The van der Waals surface area contributed by atoms with Gasteiger partial charge in [0.15, 0.2) is 0 Å².